The minimum atomic E-state index is 0.431. The molecule has 27 heavy (non-hydrogen) atoms. The second kappa shape index (κ2) is 7.51. The Morgan fingerprint density at radius 3 is 2.52 bits per heavy atom. The van der Waals surface area contributed by atoms with E-state index in [4.69, 9.17) is 4.98 Å². The zero-order valence-electron chi connectivity index (χ0n) is 16.3. The lowest BCUT2D eigenvalue weighted by atomic mass is 9.98. The van der Waals surface area contributed by atoms with E-state index in [1.54, 1.807) is 12.4 Å². The van der Waals surface area contributed by atoms with Gasteiger partial charge in [-0.1, -0.05) is 32.0 Å². The summed E-state index contributed by atoms with van der Waals surface area (Å²) in [6.45, 7) is 8.56. The Bertz CT molecular complexity index is 915. The van der Waals surface area contributed by atoms with E-state index in [9.17, 15) is 0 Å². The molecule has 1 N–H and O–H groups in total. The summed E-state index contributed by atoms with van der Waals surface area (Å²) < 4.78 is 0. The van der Waals surface area contributed by atoms with Gasteiger partial charge in [0.25, 0.3) is 0 Å². The summed E-state index contributed by atoms with van der Waals surface area (Å²) >= 11 is 0. The fourth-order valence-electron chi connectivity index (χ4n) is 3.87. The standard InChI is InChI=1S/C22H27N5/c1-15(2)18-6-4-7-19-16(3)14-20(26-21(18)19)25-17-8-12-27(13-9-17)22-23-10-5-11-24-22/h4-7,10-11,14-15,17H,8-9,12-13H2,1-3H3,(H,25,26). The average molecular weight is 361 g/mol. The molecule has 2 aromatic heterocycles. The summed E-state index contributed by atoms with van der Waals surface area (Å²) in [6, 6.07) is 11.0. The van der Waals surface area contributed by atoms with E-state index in [-0.39, 0.29) is 0 Å². The van der Waals surface area contributed by atoms with Gasteiger partial charge in [-0.25, -0.2) is 15.0 Å². The summed E-state index contributed by atoms with van der Waals surface area (Å²) in [5, 5.41) is 4.93. The highest BCUT2D eigenvalue weighted by molar-refractivity contribution is 5.87. The van der Waals surface area contributed by atoms with Crippen LogP contribution >= 0.6 is 0 Å². The molecular weight excluding hydrogens is 334 g/mol. The number of fused-ring (bicyclic) bond motifs is 1. The van der Waals surface area contributed by atoms with Crippen LogP contribution in [0, 0.1) is 6.92 Å². The topological polar surface area (TPSA) is 53.9 Å². The van der Waals surface area contributed by atoms with Crippen molar-refractivity contribution in [2.24, 2.45) is 0 Å². The first-order valence-corrected chi connectivity index (χ1v) is 9.80. The van der Waals surface area contributed by atoms with Crippen LogP contribution in [0.5, 0.6) is 0 Å². The molecule has 1 aliphatic heterocycles. The maximum Gasteiger partial charge on any atom is 0.225 e. The van der Waals surface area contributed by atoms with Gasteiger partial charge in [-0.2, -0.15) is 0 Å². The minimum absolute atomic E-state index is 0.431. The predicted octanol–water partition coefficient (Wildman–Crippen LogP) is 4.54. The lowest BCUT2D eigenvalue weighted by Crippen LogP contribution is -2.40. The molecule has 0 spiro atoms. The second-order valence-electron chi connectivity index (χ2n) is 7.68. The lowest BCUT2D eigenvalue weighted by molar-refractivity contribution is 0.519. The number of aromatic nitrogens is 3. The fraction of sp³-hybridized carbons (Fsp3) is 0.409. The number of nitrogens with zero attached hydrogens (tertiary/aromatic N) is 4. The van der Waals surface area contributed by atoms with Crippen LogP contribution in [0.4, 0.5) is 11.8 Å². The molecule has 0 bridgehead atoms. The highest BCUT2D eigenvalue weighted by atomic mass is 15.3. The van der Waals surface area contributed by atoms with Crippen LogP contribution in [0.3, 0.4) is 0 Å². The molecule has 140 valence electrons. The van der Waals surface area contributed by atoms with Crippen molar-refractivity contribution < 1.29 is 0 Å². The molecule has 0 amide bonds. The van der Waals surface area contributed by atoms with Gasteiger partial charge in [-0.3, -0.25) is 0 Å². The largest absolute Gasteiger partial charge is 0.367 e. The third-order valence-electron chi connectivity index (χ3n) is 5.38. The Morgan fingerprint density at radius 2 is 1.81 bits per heavy atom. The average Bonchev–Trinajstić information content (AvgIpc) is 2.69. The maximum absolute atomic E-state index is 4.98. The quantitative estimate of drug-likeness (QED) is 0.739. The first-order chi connectivity index (χ1) is 13.1. The summed E-state index contributed by atoms with van der Waals surface area (Å²) in [6.07, 6.45) is 5.73. The Labute approximate surface area is 160 Å². The van der Waals surface area contributed by atoms with Crippen LogP contribution in [-0.2, 0) is 0 Å². The van der Waals surface area contributed by atoms with Crippen molar-refractivity contribution in [1.82, 2.24) is 15.0 Å². The molecular formula is C22H27N5. The van der Waals surface area contributed by atoms with Gasteiger partial charge in [0.2, 0.25) is 5.95 Å². The Kier molecular flexibility index (Phi) is 4.92. The highest BCUT2D eigenvalue weighted by Crippen LogP contribution is 2.28. The van der Waals surface area contributed by atoms with Crippen molar-refractivity contribution in [2.45, 2.75) is 45.6 Å². The van der Waals surface area contributed by atoms with Crippen molar-refractivity contribution in [2.75, 3.05) is 23.3 Å². The molecule has 4 rings (SSSR count). The number of anilines is 2. The molecule has 0 saturated carbocycles. The van der Waals surface area contributed by atoms with Crippen molar-refractivity contribution in [1.29, 1.82) is 0 Å². The molecule has 0 atom stereocenters. The summed E-state index contributed by atoms with van der Waals surface area (Å²) in [4.78, 5) is 16.0. The fourth-order valence-corrected chi connectivity index (χ4v) is 3.87. The number of hydrogen-bond acceptors (Lipinski definition) is 5. The van der Waals surface area contributed by atoms with E-state index in [0.29, 0.717) is 12.0 Å². The monoisotopic (exact) mass is 361 g/mol. The minimum Gasteiger partial charge on any atom is -0.367 e. The van der Waals surface area contributed by atoms with Gasteiger partial charge in [0.05, 0.1) is 5.52 Å². The third kappa shape index (κ3) is 3.72. The number of benzene rings is 1. The Balaban J connectivity index is 1.50. The third-order valence-corrected chi connectivity index (χ3v) is 5.38. The number of pyridine rings is 1. The van der Waals surface area contributed by atoms with E-state index in [2.05, 4.69) is 65.2 Å². The molecule has 0 unspecified atom stereocenters. The molecule has 0 radical (unpaired) electrons. The van der Waals surface area contributed by atoms with Gasteiger partial charge >= 0.3 is 0 Å². The van der Waals surface area contributed by atoms with Crippen LogP contribution in [0.15, 0.2) is 42.7 Å². The van der Waals surface area contributed by atoms with Crippen molar-refractivity contribution >= 4 is 22.7 Å². The zero-order chi connectivity index (χ0) is 18.8. The van der Waals surface area contributed by atoms with E-state index >= 15 is 0 Å². The number of rotatable bonds is 4. The summed E-state index contributed by atoms with van der Waals surface area (Å²) in [5.74, 6) is 2.28. The lowest BCUT2D eigenvalue weighted by Gasteiger charge is -2.32. The summed E-state index contributed by atoms with van der Waals surface area (Å²) in [5.41, 5.74) is 3.72. The van der Waals surface area contributed by atoms with Crippen LogP contribution in [-0.4, -0.2) is 34.1 Å². The van der Waals surface area contributed by atoms with Crippen LogP contribution in [0.1, 0.15) is 43.7 Å². The first kappa shape index (κ1) is 17.7. The molecule has 1 fully saturated rings. The van der Waals surface area contributed by atoms with Crippen LogP contribution in [0.2, 0.25) is 0 Å². The first-order valence-electron chi connectivity index (χ1n) is 9.80. The van der Waals surface area contributed by atoms with E-state index < -0.39 is 0 Å². The Hall–Kier alpha value is -2.69. The SMILES string of the molecule is Cc1cc(NC2CCN(c3ncccn3)CC2)nc2c(C(C)C)cccc12. The van der Waals surface area contributed by atoms with Gasteiger partial charge in [0.1, 0.15) is 5.82 Å². The molecule has 3 heterocycles. The van der Waals surface area contributed by atoms with Gasteiger partial charge in [-0.05, 0) is 48.9 Å². The Morgan fingerprint density at radius 1 is 1.07 bits per heavy atom. The molecule has 1 saturated heterocycles. The van der Waals surface area contributed by atoms with Crippen molar-refractivity contribution in [3.63, 3.8) is 0 Å². The van der Waals surface area contributed by atoms with E-state index in [1.165, 1.54) is 16.5 Å². The van der Waals surface area contributed by atoms with Crippen LogP contribution in [0.25, 0.3) is 10.9 Å². The molecule has 0 aliphatic carbocycles. The number of piperidine rings is 1. The van der Waals surface area contributed by atoms with Gasteiger partial charge in [0, 0.05) is 36.9 Å². The van der Waals surface area contributed by atoms with Gasteiger partial charge in [0.15, 0.2) is 0 Å². The predicted molar refractivity (Wildman–Crippen MR) is 111 cm³/mol. The van der Waals surface area contributed by atoms with E-state index in [1.807, 2.05) is 6.07 Å². The number of para-hydroxylation sites is 1. The van der Waals surface area contributed by atoms with Crippen molar-refractivity contribution in [3.05, 3.63) is 53.9 Å². The normalized spacial score (nSPS) is 15.5. The smallest absolute Gasteiger partial charge is 0.225 e. The summed E-state index contributed by atoms with van der Waals surface area (Å²) in [7, 11) is 0. The second-order valence-corrected chi connectivity index (χ2v) is 7.68. The highest BCUT2D eigenvalue weighted by Gasteiger charge is 2.21. The van der Waals surface area contributed by atoms with E-state index in [0.717, 1.165) is 43.2 Å². The van der Waals surface area contributed by atoms with Gasteiger partial charge in [-0.15, -0.1) is 0 Å². The molecule has 5 nitrogen and oxygen atoms in total. The molecule has 1 aliphatic rings. The van der Waals surface area contributed by atoms with Crippen molar-refractivity contribution in [3.8, 4) is 0 Å². The number of hydrogen-bond donors (Lipinski definition) is 1. The maximum atomic E-state index is 4.98. The molecule has 1 aromatic carbocycles. The van der Waals surface area contributed by atoms with Gasteiger partial charge < -0.3 is 10.2 Å². The molecule has 5 heteroatoms. The zero-order valence-corrected chi connectivity index (χ0v) is 16.3. The number of nitrogens with one attached hydrogen (secondary N) is 1. The van der Waals surface area contributed by atoms with Crippen LogP contribution < -0.4 is 10.2 Å². The number of aryl methyl sites for hydroxylation is 1. The molecule has 3 aromatic rings.